The normalized spacial score (nSPS) is 19.4. The Morgan fingerprint density at radius 1 is 1.40 bits per heavy atom. The summed E-state index contributed by atoms with van der Waals surface area (Å²) in [6.45, 7) is 6.47. The first-order valence-corrected chi connectivity index (χ1v) is 7.26. The number of hydrogen-bond donors (Lipinski definition) is 1. The molecular weight excluding hydrogens is 252 g/mol. The molecule has 0 aliphatic carbocycles. The average Bonchev–Trinajstić information content (AvgIpc) is 2.45. The Balaban J connectivity index is 2.36. The van der Waals surface area contributed by atoms with Gasteiger partial charge >= 0.3 is 0 Å². The summed E-state index contributed by atoms with van der Waals surface area (Å²) in [5.41, 5.74) is 1.92. The van der Waals surface area contributed by atoms with E-state index in [2.05, 4.69) is 5.32 Å². The van der Waals surface area contributed by atoms with Gasteiger partial charge in [-0.05, 0) is 31.4 Å². The fourth-order valence-corrected chi connectivity index (χ4v) is 2.60. The van der Waals surface area contributed by atoms with Crippen LogP contribution in [0, 0.1) is 0 Å². The van der Waals surface area contributed by atoms with Gasteiger partial charge in [0.15, 0.2) is 0 Å². The van der Waals surface area contributed by atoms with Crippen LogP contribution in [0.3, 0.4) is 0 Å². The van der Waals surface area contributed by atoms with E-state index in [1.807, 2.05) is 45.0 Å². The van der Waals surface area contributed by atoms with Crippen molar-refractivity contribution in [2.75, 3.05) is 6.54 Å². The van der Waals surface area contributed by atoms with Gasteiger partial charge in [0.1, 0.15) is 6.04 Å². The van der Waals surface area contributed by atoms with E-state index in [4.69, 9.17) is 0 Å². The minimum absolute atomic E-state index is 0.0236. The maximum absolute atomic E-state index is 12.5. The second-order valence-corrected chi connectivity index (χ2v) is 5.28. The van der Waals surface area contributed by atoms with Crippen molar-refractivity contribution in [3.05, 3.63) is 35.4 Å². The summed E-state index contributed by atoms with van der Waals surface area (Å²) in [5.74, 6) is -0.0581. The Morgan fingerprint density at radius 2 is 2.10 bits per heavy atom. The highest BCUT2D eigenvalue weighted by Crippen LogP contribution is 2.30. The fraction of sp³-hybridized carbons (Fsp3) is 0.500. The molecule has 108 valence electrons. The number of fused-ring (bicyclic) bond motifs is 1. The first-order valence-electron chi connectivity index (χ1n) is 7.26. The maximum atomic E-state index is 12.5. The topological polar surface area (TPSA) is 49.4 Å². The van der Waals surface area contributed by atoms with Crippen LogP contribution in [0.15, 0.2) is 24.3 Å². The van der Waals surface area contributed by atoms with Crippen molar-refractivity contribution < 1.29 is 9.59 Å². The second-order valence-electron chi connectivity index (χ2n) is 5.28. The van der Waals surface area contributed by atoms with Gasteiger partial charge in [-0.3, -0.25) is 9.59 Å². The van der Waals surface area contributed by atoms with E-state index in [9.17, 15) is 9.59 Å². The third-order valence-corrected chi connectivity index (χ3v) is 3.91. The van der Waals surface area contributed by atoms with Crippen molar-refractivity contribution >= 4 is 11.8 Å². The smallest absolute Gasteiger partial charge is 0.247 e. The van der Waals surface area contributed by atoms with Crippen LogP contribution in [-0.2, 0) is 16.0 Å². The molecule has 0 fully saturated rings. The van der Waals surface area contributed by atoms with Crippen molar-refractivity contribution in [3.63, 3.8) is 0 Å². The Hall–Kier alpha value is -1.84. The van der Waals surface area contributed by atoms with E-state index in [1.54, 1.807) is 4.90 Å². The molecule has 2 amide bonds. The van der Waals surface area contributed by atoms with Gasteiger partial charge < -0.3 is 10.2 Å². The number of amides is 2. The molecule has 1 heterocycles. The van der Waals surface area contributed by atoms with E-state index in [0.717, 1.165) is 17.5 Å². The SMILES string of the molecule is CCC(C)NC(=O)C1c2ccccc2CC(=O)N1CC. The van der Waals surface area contributed by atoms with Crippen LogP contribution in [0.2, 0.25) is 0 Å². The van der Waals surface area contributed by atoms with Crippen molar-refractivity contribution in [2.24, 2.45) is 0 Å². The van der Waals surface area contributed by atoms with Gasteiger partial charge in [0, 0.05) is 12.6 Å². The Labute approximate surface area is 120 Å². The Kier molecular flexibility index (Phi) is 4.42. The molecule has 20 heavy (non-hydrogen) atoms. The van der Waals surface area contributed by atoms with E-state index in [1.165, 1.54) is 0 Å². The molecule has 2 unspecified atom stereocenters. The minimum atomic E-state index is -0.494. The lowest BCUT2D eigenvalue weighted by atomic mass is 9.91. The van der Waals surface area contributed by atoms with Gasteiger partial charge in [-0.1, -0.05) is 31.2 Å². The van der Waals surface area contributed by atoms with Crippen LogP contribution < -0.4 is 5.32 Å². The lowest BCUT2D eigenvalue weighted by molar-refractivity contribution is -0.141. The molecule has 1 aromatic rings. The van der Waals surface area contributed by atoms with Gasteiger partial charge in [0.05, 0.1) is 6.42 Å². The second kappa shape index (κ2) is 6.07. The summed E-state index contributed by atoms with van der Waals surface area (Å²) in [5, 5.41) is 2.99. The largest absolute Gasteiger partial charge is 0.352 e. The zero-order chi connectivity index (χ0) is 14.7. The van der Waals surface area contributed by atoms with E-state index < -0.39 is 6.04 Å². The molecule has 1 aliphatic rings. The summed E-state index contributed by atoms with van der Waals surface area (Å²) in [4.78, 5) is 26.4. The maximum Gasteiger partial charge on any atom is 0.247 e. The molecule has 0 spiro atoms. The molecule has 4 heteroatoms. The minimum Gasteiger partial charge on any atom is -0.352 e. The molecule has 0 radical (unpaired) electrons. The van der Waals surface area contributed by atoms with E-state index in [-0.39, 0.29) is 17.9 Å². The summed E-state index contributed by atoms with van der Waals surface area (Å²) in [6, 6.07) is 7.34. The zero-order valence-electron chi connectivity index (χ0n) is 12.3. The predicted molar refractivity (Wildman–Crippen MR) is 78.2 cm³/mol. The average molecular weight is 274 g/mol. The zero-order valence-corrected chi connectivity index (χ0v) is 12.3. The van der Waals surface area contributed by atoms with Crippen molar-refractivity contribution in [1.29, 1.82) is 0 Å². The van der Waals surface area contributed by atoms with Crippen LogP contribution in [0.5, 0.6) is 0 Å². The highest BCUT2D eigenvalue weighted by Gasteiger charge is 2.36. The number of nitrogens with one attached hydrogen (secondary N) is 1. The molecule has 2 rings (SSSR count). The van der Waals surface area contributed by atoms with Crippen molar-refractivity contribution in [3.8, 4) is 0 Å². The standard InChI is InChI=1S/C16H22N2O2/c1-4-11(3)17-16(20)15-13-9-7-6-8-12(13)10-14(19)18(15)5-2/h6-9,11,15H,4-5,10H2,1-3H3,(H,17,20). The van der Waals surface area contributed by atoms with Gasteiger partial charge in [-0.25, -0.2) is 0 Å². The summed E-state index contributed by atoms with van der Waals surface area (Å²) in [7, 11) is 0. The molecule has 0 saturated carbocycles. The number of rotatable bonds is 4. The van der Waals surface area contributed by atoms with Crippen LogP contribution in [0.4, 0.5) is 0 Å². The highest BCUT2D eigenvalue weighted by molar-refractivity contribution is 5.92. The summed E-state index contributed by atoms with van der Waals surface area (Å²) >= 11 is 0. The van der Waals surface area contributed by atoms with Gasteiger partial charge in [-0.2, -0.15) is 0 Å². The van der Waals surface area contributed by atoms with Crippen LogP contribution in [-0.4, -0.2) is 29.3 Å². The van der Waals surface area contributed by atoms with Gasteiger partial charge in [0.25, 0.3) is 0 Å². The third kappa shape index (κ3) is 2.69. The molecule has 1 N–H and O–H groups in total. The molecule has 4 nitrogen and oxygen atoms in total. The number of carbonyl (C=O) groups excluding carboxylic acids is 2. The van der Waals surface area contributed by atoms with Crippen LogP contribution >= 0.6 is 0 Å². The fourth-order valence-electron chi connectivity index (χ4n) is 2.60. The van der Waals surface area contributed by atoms with Crippen LogP contribution in [0.1, 0.15) is 44.4 Å². The molecule has 0 bridgehead atoms. The lowest BCUT2D eigenvalue weighted by Gasteiger charge is -2.36. The first-order chi connectivity index (χ1) is 9.58. The molecule has 0 aromatic heterocycles. The van der Waals surface area contributed by atoms with Crippen molar-refractivity contribution in [2.45, 2.75) is 45.7 Å². The summed E-state index contributed by atoms with van der Waals surface area (Å²) in [6.07, 6.45) is 1.26. The van der Waals surface area contributed by atoms with E-state index >= 15 is 0 Å². The van der Waals surface area contributed by atoms with Crippen LogP contribution in [0.25, 0.3) is 0 Å². The molecule has 0 saturated heterocycles. The number of nitrogens with zero attached hydrogens (tertiary/aromatic N) is 1. The number of carbonyl (C=O) groups is 2. The van der Waals surface area contributed by atoms with Gasteiger partial charge in [-0.15, -0.1) is 0 Å². The monoisotopic (exact) mass is 274 g/mol. The Bertz CT molecular complexity index is 513. The number of hydrogen-bond acceptors (Lipinski definition) is 2. The Morgan fingerprint density at radius 3 is 2.75 bits per heavy atom. The highest BCUT2D eigenvalue weighted by atomic mass is 16.2. The number of likely N-dealkylation sites (N-methyl/N-ethyl adjacent to an activating group) is 1. The third-order valence-electron chi connectivity index (χ3n) is 3.91. The number of benzene rings is 1. The first kappa shape index (κ1) is 14.6. The summed E-state index contributed by atoms with van der Waals surface area (Å²) < 4.78 is 0. The quantitative estimate of drug-likeness (QED) is 0.913. The molecule has 2 atom stereocenters. The molecule has 1 aliphatic heterocycles. The lowest BCUT2D eigenvalue weighted by Crippen LogP contribution is -2.48. The molecular formula is C16H22N2O2. The predicted octanol–water partition coefficient (Wildman–Crippen LogP) is 2.05. The van der Waals surface area contributed by atoms with E-state index in [0.29, 0.717) is 13.0 Å². The van der Waals surface area contributed by atoms with Crippen molar-refractivity contribution in [1.82, 2.24) is 10.2 Å². The van der Waals surface area contributed by atoms with Gasteiger partial charge in [0.2, 0.25) is 11.8 Å². The molecule has 1 aromatic carbocycles.